The van der Waals surface area contributed by atoms with Crippen molar-refractivity contribution in [2.24, 2.45) is 0 Å². The van der Waals surface area contributed by atoms with E-state index < -0.39 is 0 Å². The number of hydrogen-bond donors (Lipinski definition) is 1. The average Bonchev–Trinajstić information content (AvgIpc) is 2.67. The second-order valence-corrected chi connectivity index (χ2v) is 3.35. The Kier molecular flexibility index (Phi) is 3.01. The summed E-state index contributed by atoms with van der Waals surface area (Å²) in [5.74, 6) is 0.900. The third kappa shape index (κ3) is 2.36. The summed E-state index contributed by atoms with van der Waals surface area (Å²) in [5.41, 5.74) is 0.784. The summed E-state index contributed by atoms with van der Waals surface area (Å²) in [4.78, 5) is 7.97. The van der Waals surface area contributed by atoms with Crippen LogP contribution in [-0.4, -0.2) is 10.2 Å². The molecular formula is C10H8ClNO3. The summed E-state index contributed by atoms with van der Waals surface area (Å²) in [6.07, 6.45) is 1.49. The monoisotopic (exact) mass is 225 g/mol. The standard InChI is InChI=1S/C10H8ClNO3/c11-8-3-1-2-7(4-8)10-12-5-9(15-10)6-14-13/h1-5,13H,6H2. The molecule has 4 nitrogen and oxygen atoms in total. The Bertz CT molecular complexity index is 455. The molecule has 0 radical (unpaired) electrons. The molecule has 1 aromatic carbocycles. The smallest absolute Gasteiger partial charge is 0.226 e. The van der Waals surface area contributed by atoms with Crippen molar-refractivity contribution >= 4 is 11.6 Å². The van der Waals surface area contributed by atoms with Gasteiger partial charge in [-0.2, -0.15) is 0 Å². The molecule has 0 spiro atoms. The first-order chi connectivity index (χ1) is 7.29. The van der Waals surface area contributed by atoms with Crippen molar-refractivity contribution in [3.05, 3.63) is 41.2 Å². The lowest BCUT2D eigenvalue weighted by Gasteiger charge is -1.95. The van der Waals surface area contributed by atoms with E-state index in [9.17, 15) is 0 Å². The predicted molar refractivity (Wildman–Crippen MR) is 54.4 cm³/mol. The molecule has 0 atom stereocenters. The average molecular weight is 226 g/mol. The Hall–Kier alpha value is -1.36. The second kappa shape index (κ2) is 4.44. The van der Waals surface area contributed by atoms with Gasteiger partial charge in [0, 0.05) is 10.6 Å². The maximum atomic E-state index is 8.23. The molecule has 0 fully saturated rings. The molecule has 0 aliphatic heterocycles. The molecule has 5 heteroatoms. The molecule has 0 aliphatic rings. The first-order valence-corrected chi connectivity index (χ1v) is 4.64. The number of benzene rings is 1. The normalized spacial score (nSPS) is 10.5. The van der Waals surface area contributed by atoms with Gasteiger partial charge in [0.25, 0.3) is 0 Å². The van der Waals surface area contributed by atoms with E-state index in [-0.39, 0.29) is 6.61 Å². The highest BCUT2D eigenvalue weighted by Gasteiger charge is 2.06. The highest BCUT2D eigenvalue weighted by molar-refractivity contribution is 6.30. The largest absolute Gasteiger partial charge is 0.439 e. The fourth-order valence-electron chi connectivity index (χ4n) is 1.19. The van der Waals surface area contributed by atoms with Crippen LogP contribution in [0.5, 0.6) is 0 Å². The molecule has 0 saturated carbocycles. The minimum Gasteiger partial charge on any atom is -0.439 e. The van der Waals surface area contributed by atoms with E-state index in [1.54, 1.807) is 12.1 Å². The maximum Gasteiger partial charge on any atom is 0.226 e. The molecule has 1 N–H and O–H groups in total. The third-order valence-electron chi connectivity index (χ3n) is 1.83. The molecule has 15 heavy (non-hydrogen) atoms. The lowest BCUT2D eigenvalue weighted by atomic mass is 10.2. The zero-order chi connectivity index (χ0) is 10.7. The van der Waals surface area contributed by atoms with Crippen LogP contribution < -0.4 is 0 Å². The van der Waals surface area contributed by atoms with Crippen molar-refractivity contribution in [2.75, 3.05) is 0 Å². The van der Waals surface area contributed by atoms with E-state index >= 15 is 0 Å². The van der Waals surface area contributed by atoms with Crippen LogP contribution in [0.1, 0.15) is 5.76 Å². The number of halogens is 1. The summed E-state index contributed by atoms with van der Waals surface area (Å²) < 4.78 is 5.31. The summed E-state index contributed by atoms with van der Waals surface area (Å²) in [6.45, 7) is -0.0203. The van der Waals surface area contributed by atoms with Crippen LogP contribution in [0.25, 0.3) is 11.5 Å². The van der Waals surface area contributed by atoms with Gasteiger partial charge in [0.15, 0.2) is 5.76 Å². The van der Waals surface area contributed by atoms with Crippen molar-refractivity contribution in [3.63, 3.8) is 0 Å². The lowest BCUT2D eigenvalue weighted by molar-refractivity contribution is -0.255. The molecule has 0 amide bonds. The molecular weight excluding hydrogens is 218 g/mol. The molecule has 1 heterocycles. The van der Waals surface area contributed by atoms with Crippen LogP contribution in [0.2, 0.25) is 5.02 Å². The summed E-state index contributed by atoms with van der Waals surface area (Å²) in [6, 6.07) is 7.16. The molecule has 78 valence electrons. The quantitative estimate of drug-likeness (QED) is 0.645. The van der Waals surface area contributed by atoms with E-state index in [0.29, 0.717) is 16.7 Å². The summed E-state index contributed by atoms with van der Waals surface area (Å²) in [7, 11) is 0. The van der Waals surface area contributed by atoms with E-state index in [1.807, 2.05) is 12.1 Å². The van der Waals surface area contributed by atoms with Crippen molar-refractivity contribution < 1.29 is 14.6 Å². The number of hydrogen-bond acceptors (Lipinski definition) is 4. The van der Waals surface area contributed by atoms with Gasteiger partial charge >= 0.3 is 0 Å². The third-order valence-corrected chi connectivity index (χ3v) is 2.07. The molecule has 0 unspecified atom stereocenters. The van der Waals surface area contributed by atoms with E-state index in [0.717, 1.165) is 5.56 Å². The number of rotatable bonds is 3. The van der Waals surface area contributed by atoms with Crippen molar-refractivity contribution in [3.8, 4) is 11.5 Å². The van der Waals surface area contributed by atoms with Gasteiger partial charge in [0.1, 0.15) is 6.61 Å². The zero-order valence-electron chi connectivity index (χ0n) is 7.68. The van der Waals surface area contributed by atoms with E-state index in [1.165, 1.54) is 6.20 Å². The predicted octanol–water partition coefficient (Wildman–Crippen LogP) is 2.98. The van der Waals surface area contributed by atoms with Gasteiger partial charge in [-0.15, -0.1) is 0 Å². The number of nitrogens with zero attached hydrogens (tertiary/aromatic N) is 1. The Morgan fingerprint density at radius 1 is 1.47 bits per heavy atom. The van der Waals surface area contributed by atoms with Crippen LogP contribution in [0.15, 0.2) is 34.9 Å². The lowest BCUT2D eigenvalue weighted by Crippen LogP contribution is -1.82. The molecule has 0 bridgehead atoms. The van der Waals surface area contributed by atoms with Crippen LogP contribution in [0.4, 0.5) is 0 Å². The molecule has 2 rings (SSSR count). The zero-order valence-corrected chi connectivity index (χ0v) is 8.44. The number of aromatic nitrogens is 1. The number of oxazole rings is 1. The fraction of sp³-hybridized carbons (Fsp3) is 0.100. The van der Waals surface area contributed by atoms with E-state index in [2.05, 4.69) is 9.87 Å². The SMILES string of the molecule is OOCc1cnc(-c2cccc(Cl)c2)o1. The summed E-state index contributed by atoms with van der Waals surface area (Å²) >= 11 is 5.83. The van der Waals surface area contributed by atoms with Crippen molar-refractivity contribution in [1.82, 2.24) is 4.98 Å². The van der Waals surface area contributed by atoms with Gasteiger partial charge in [-0.05, 0) is 18.2 Å². The topological polar surface area (TPSA) is 55.5 Å². The van der Waals surface area contributed by atoms with Gasteiger partial charge in [-0.3, -0.25) is 5.26 Å². The first kappa shape index (κ1) is 10.2. The Morgan fingerprint density at radius 2 is 2.33 bits per heavy atom. The first-order valence-electron chi connectivity index (χ1n) is 4.26. The van der Waals surface area contributed by atoms with Gasteiger partial charge in [0.05, 0.1) is 6.20 Å². The van der Waals surface area contributed by atoms with Gasteiger partial charge in [-0.25, -0.2) is 9.87 Å². The van der Waals surface area contributed by atoms with Crippen molar-refractivity contribution in [2.45, 2.75) is 6.61 Å². The maximum absolute atomic E-state index is 8.23. The second-order valence-electron chi connectivity index (χ2n) is 2.92. The van der Waals surface area contributed by atoms with Crippen molar-refractivity contribution in [1.29, 1.82) is 0 Å². The van der Waals surface area contributed by atoms with Gasteiger partial charge in [0.2, 0.25) is 5.89 Å². The highest BCUT2D eigenvalue weighted by atomic mass is 35.5. The summed E-state index contributed by atoms with van der Waals surface area (Å²) in [5, 5.41) is 8.85. The van der Waals surface area contributed by atoms with Crippen LogP contribution in [0.3, 0.4) is 0 Å². The fourth-order valence-corrected chi connectivity index (χ4v) is 1.38. The van der Waals surface area contributed by atoms with Gasteiger partial charge in [-0.1, -0.05) is 17.7 Å². The van der Waals surface area contributed by atoms with Crippen LogP contribution >= 0.6 is 11.6 Å². The molecule has 0 saturated heterocycles. The minimum absolute atomic E-state index is 0.0203. The van der Waals surface area contributed by atoms with Crippen LogP contribution in [-0.2, 0) is 11.5 Å². The van der Waals surface area contributed by atoms with Gasteiger partial charge < -0.3 is 4.42 Å². The Labute approximate surface area is 91.0 Å². The molecule has 1 aromatic heterocycles. The highest BCUT2D eigenvalue weighted by Crippen LogP contribution is 2.22. The Balaban J connectivity index is 2.29. The minimum atomic E-state index is -0.0203. The van der Waals surface area contributed by atoms with E-state index in [4.69, 9.17) is 21.3 Å². The van der Waals surface area contributed by atoms with Crippen LogP contribution in [0, 0.1) is 0 Å². The molecule has 0 aliphatic carbocycles. The Morgan fingerprint density at radius 3 is 3.07 bits per heavy atom. The molecule has 2 aromatic rings.